The first-order chi connectivity index (χ1) is 16.7. The smallest absolute Gasteiger partial charge is 0.343 e. The van der Waals surface area contributed by atoms with Crippen LogP contribution >= 0.6 is 0 Å². The molecule has 0 saturated carbocycles. The van der Waals surface area contributed by atoms with E-state index in [1.165, 1.54) is 12.8 Å². The second-order valence-corrected chi connectivity index (χ2v) is 8.15. The SMILES string of the molecule is C=CCCCCOc1ccc(C(=O)Oc2ccc(-c3ccc(OCCCCC)cc3)cc2)cc1. The Morgan fingerprint density at radius 2 is 1.21 bits per heavy atom. The first-order valence-electron chi connectivity index (χ1n) is 12.1. The standard InChI is InChI=1S/C30H34O4/c1-3-5-7-9-23-33-28-18-14-26(15-19-28)30(31)34-29-20-12-25(13-21-29)24-10-16-27(17-11-24)32-22-8-6-4-2/h3,10-21H,1,4-9,22-23H2,2H3. The molecule has 0 aliphatic heterocycles. The van der Waals surface area contributed by atoms with Crippen molar-refractivity contribution in [3.8, 4) is 28.4 Å². The summed E-state index contributed by atoms with van der Waals surface area (Å²) in [5.41, 5.74) is 2.61. The molecule has 0 heterocycles. The molecular weight excluding hydrogens is 424 g/mol. The first kappa shape index (κ1) is 25.1. The van der Waals surface area contributed by atoms with Gasteiger partial charge in [0.15, 0.2) is 0 Å². The summed E-state index contributed by atoms with van der Waals surface area (Å²) in [4.78, 5) is 12.5. The Bertz CT molecular complexity index is 1010. The van der Waals surface area contributed by atoms with E-state index in [1.807, 2.05) is 54.6 Å². The normalized spacial score (nSPS) is 10.5. The quantitative estimate of drug-likeness (QED) is 0.107. The van der Waals surface area contributed by atoms with Gasteiger partial charge in [-0.3, -0.25) is 0 Å². The summed E-state index contributed by atoms with van der Waals surface area (Å²) in [5.74, 6) is 1.74. The molecule has 4 nitrogen and oxygen atoms in total. The fourth-order valence-corrected chi connectivity index (χ4v) is 3.44. The fraction of sp³-hybridized carbons (Fsp3) is 0.300. The molecule has 3 aromatic rings. The fourth-order valence-electron chi connectivity index (χ4n) is 3.44. The molecule has 0 saturated heterocycles. The van der Waals surface area contributed by atoms with Gasteiger partial charge in [0.05, 0.1) is 18.8 Å². The molecule has 0 aliphatic carbocycles. The summed E-state index contributed by atoms with van der Waals surface area (Å²) >= 11 is 0. The van der Waals surface area contributed by atoms with Crippen LogP contribution in [0.15, 0.2) is 85.5 Å². The van der Waals surface area contributed by atoms with Crippen molar-refractivity contribution in [2.24, 2.45) is 0 Å². The van der Waals surface area contributed by atoms with E-state index >= 15 is 0 Å². The van der Waals surface area contributed by atoms with Crippen molar-refractivity contribution in [2.45, 2.75) is 45.4 Å². The highest BCUT2D eigenvalue weighted by Gasteiger charge is 2.09. The number of ether oxygens (including phenoxy) is 3. The van der Waals surface area contributed by atoms with Crippen molar-refractivity contribution in [3.05, 3.63) is 91.0 Å². The largest absolute Gasteiger partial charge is 0.494 e. The lowest BCUT2D eigenvalue weighted by Gasteiger charge is -2.09. The molecule has 0 aromatic heterocycles. The average Bonchev–Trinajstić information content (AvgIpc) is 2.88. The molecule has 0 bridgehead atoms. The van der Waals surface area contributed by atoms with Crippen molar-refractivity contribution in [1.82, 2.24) is 0 Å². The van der Waals surface area contributed by atoms with E-state index in [9.17, 15) is 4.79 Å². The van der Waals surface area contributed by atoms with Crippen molar-refractivity contribution in [3.63, 3.8) is 0 Å². The van der Waals surface area contributed by atoms with Crippen molar-refractivity contribution < 1.29 is 19.0 Å². The highest BCUT2D eigenvalue weighted by molar-refractivity contribution is 5.91. The first-order valence-corrected chi connectivity index (χ1v) is 12.1. The maximum Gasteiger partial charge on any atom is 0.343 e. The summed E-state index contributed by atoms with van der Waals surface area (Å²) in [7, 11) is 0. The lowest BCUT2D eigenvalue weighted by molar-refractivity contribution is 0.0734. The zero-order valence-corrected chi connectivity index (χ0v) is 20.0. The van der Waals surface area contributed by atoms with Crippen LogP contribution in [0.25, 0.3) is 11.1 Å². The Hall–Kier alpha value is -3.53. The van der Waals surface area contributed by atoms with Gasteiger partial charge < -0.3 is 14.2 Å². The van der Waals surface area contributed by atoms with E-state index in [4.69, 9.17) is 14.2 Å². The van der Waals surface area contributed by atoms with Crippen LogP contribution in [0.5, 0.6) is 17.2 Å². The minimum Gasteiger partial charge on any atom is -0.494 e. The van der Waals surface area contributed by atoms with Gasteiger partial charge >= 0.3 is 5.97 Å². The monoisotopic (exact) mass is 458 g/mol. The predicted octanol–water partition coefficient (Wildman–Crippen LogP) is 7.88. The second kappa shape index (κ2) is 13.9. The summed E-state index contributed by atoms with van der Waals surface area (Å²) < 4.78 is 17.0. The van der Waals surface area contributed by atoms with Gasteiger partial charge in [0.2, 0.25) is 0 Å². The molecule has 0 aliphatic rings. The van der Waals surface area contributed by atoms with Crippen LogP contribution in [0.1, 0.15) is 55.8 Å². The molecule has 3 aromatic carbocycles. The van der Waals surface area contributed by atoms with Gasteiger partial charge in [0.1, 0.15) is 17.2 Å². The summed E-state index contributed by atoms with van der Waals surface area (Å²) in [5, 5.41) is 0. The maximum atomic E-state index is 12.5. The Morgan fingerprint density at radius 3 is 1.74 bits per heavy atom. The molecule has 178 valence electrons. The van der Waals surface area contributed by atoms with Gasteiger partial charge in [0, 0.05) is 0 Å². The van der Waals surface area contributed by atoms with Crippen LogP contribution in [0, 0.1) is 0 Å². The molecule has 0 N–H and O–H groups in total. The number of allylic oxidation sites excluding steroid dienone is 1. The van der Waals surface area contributed by atoms with Gasteiger partial charge in [-0.1, -0.05) is 50.1 Å². The molecule has 4 heteroatoms. The molecule has 34 heavy (non-hydrogen) atoms. The average molecular weight is 459 g/mol. The summed E-state index contributed by atoms with van der Waals surface area (Å²) in [6.45, 7) is 7.30. The van der Waals surface area contributed by atoms with Crippen molar-refractivity contribution in [1.29, 1.82) is 0 Å². The van der Waals surface area contributed by atoms with Crippen LogP contribution in [0.2, 0.25) is 0 Å². The molecule has 0 fully saturated rings. The van der Waals surface area contributed by atoms with E-state index in [-0.39, 0.29) is 0 Å². The minimum absolute atomic E-state index is 0.394. The molecule has 3 rings (SSSR count). The maximum absolute atomic E-state index is 12.5. The Balaban J connectivity index is 1.49. The van der Waals surface area contributed by atoms with Gasteiger partial charge in [-0.05, 0) is 85.3 Å². The van der Waals surface area contributed by atoms with Gasteiger partial charge in [-0.2, -0.15) is 0 Å². The summed E-state index contributed by atoms with van der Waals surface area (Å²) in [6.07, 6.45) is 8.39. The minimum atomic E-state index is -0.394. The van der Waals surface area contributed by atoms with Crippen molar-refractivity contribution in [2.75, 3.05) is 13.2 Å². The van der Waals surface area contributed by atoms with E-state index in [0.29, 0.717) is 17.9 Å². The summed E-state index contributed by atoms with van der Waals surface area (Å²) in [6, 6.07) is 22.6. The molecule has 0 atom stereocenters. The molecule has 0 spiro atoms. The van der Waals surface area contributed by atoms with Crippen LogP contribution in [-0.2, 0) is 0 Å². The number of unbranched alkanes of at least 4 members (excludes halogenated alkanes) is 4. The predicted molar refractivity (Wildman–Crippen MR) is 138 cm³/mol. The van der Waals surface area contributed by atoms with Crippen LogP contribution in [-0.4, -0.2) is 19.2 Å². The highest BCUT2D eigenvalue weighted by atomic mass is 16.5. The van der Waals surface area contributed by atoms with E-state index < -0.39 is 5.97 Å². The van der Waals surface area contributed by atoms with Gasteiger partial charge in [0.25, 0.3) is 0 Å². The molecule has 0 amide bonds. The van der Waals surface area contributed by atoms with Gasteiger partial charge in [-0.15, -0.1) is 6.58 Å². The number of hydrogen-bond acceptors (Lipinski definition) is 4. The highest BCUT2D eigenvalue weighted by Crippen LogP contribution is 2.25. The third kappa shape index (κ3) is 8.11. The molecular formula is C30H34O4. The number of carbonyl (C=O) groups excluding carboxylic acids is 1. The van der Waals surface area contributed by atoms with Gasteiger partial charge in [-0.25, -0.2) is 4.79 Å². The van der Waals surface area contributed by atoms with Crippen LogP contribution in [0.4, 0.5) is 0 Å². The third-order valence-electron chi connectivity index (χ3n) is 5.43. The van der Waals surface area contributed by atoms with E-state index in [0.717, 1.165) is 54.9 Å². The third-order valence-corrected chi connectivity index (χ3v) is 5.43. The van der Waals surface area contributed by atoms with Crippen LogP contribution < -0.4 is 14.2 Å². The Morgan fingerprint density at radius 1 is 0.706 bits per heavy atom. The zero-order chi connectivity index (χ0) is 24.0. The number of carbonyl (C=O) groups is 1. The second-order valence-electron chi connectivity index (χ2n) is 8.15. The lowest BCUT2D eigenvalue weighted by atomic mass is 10.1. The number of hydrogen-bond donors (Lipinski definition) is 0. The lowest BCUT2D eigenvalue weighted by Crippen LogP contribution is -2.08. The molecule has 0 unspecified atom stereocenters. The van der Waals surface area contributed by atoms with Crippen molar-refractivity contribution >= 4 is 5.97 Å². The van der Waals surface area contributed by atoms with Crippen LogP contribution in [0.3, 0.4) is 0 Å². The number of rotatable bonds is 14. The molecule has 0 radical (unpaired) electrons. The van der Waals surface area contributed by atoms with E-state index in [2.05, 4.69) is 13.5 Å². The number of esters is 1. The zero-order valence-electron chi connectivity index (χ0n) is 20.0. The topological polar surface area (TPSA) is 44.8 Å². The van der Waals surface area contributed by atoms with E-state index in [1.54, 1.807) is 24.3 Å². The Labute approximate surface area is 203 Å². The number of benzene rings is 3. The Kier molecular flexibility index (Phi) is 10.3.